The van der Waals surface area contributed by atoms with Gasteiger partial charge < -0.3 is 34.6 Å². The van der Waals surface area contributed by atoms with Gasteiger partial charge in [-0.3, -0.25) is 14.5 Å². The van der Waals surface area contributed by atoms with Crippen molar-refractivity contribution in [3.63, 3.8) is 0 Å². The molecule has 0 unspecified atom stereocenters. The van der Waals surface area contributed by atoms with Crippen LogP contribution in [0.1, 0.15) is 81.2 Å². The summed E-state index contributed by atoms with van der Waals surface area (Å²) in [5.74, 6) is -0.248. The number of fused-ring (bicyclic) bond motifs is 1. The molecule has 1 aromatic carbocycles. The molecule has 2 saturated carbocycles. The van der Waals surface area contributed by atoms with Crippen LogP contribution in [0.15, 0.2) is 28.7 Å². The van der Waals surface area contributed by atoms with E-state index < -0.39 is 24.7 Å². The third-order valence-corrected chi connectivity index (χ3v) is 11.7. The largest absolute Gasteiger partial charge is 0.460 e. The molecule has 11 nitrogen and oxygen atoms in total. The molecule has 0 spiro atoms. The number of ether oxygens (including phenoxy) is 3. The minimum atomic E-state index is -0.578. The Morgan fingerprint density at radius 3 is 2.46 bits per heavy atom. The molecular formula is C38H55FN4O7. The number of nitrogens with zero attached hydrogens (tertiary/aromatic N) is 2. The number of alkyl halides is 1. The molecule has 2 aliphatic heterocycles. The number of carbonyl (C=O) groups excluding carboxylic acids is 3. The van der Waals surface area contributed by atoms with Crippen LogP contribution in [0, 0.1) is 23.7 Å². The van der Waals surface area contributed by atoms with Crippen molar-refractivity contribution in [3.05, 3.63) is 30.0 Å². The summed E-state index contributed by atoms with van der Waals surface area (Å²) in [6.07, 6.45) is 9.37. The number of carbonyl (C=O) groups is 3. The van der Waals surface area contributed by atoms with Gasteiger partial charge in [-0.1, -0.05) is 0 Å². The molecule has 0 bridgehead atoms. The summed E-state index contributed by atoms with van der Waals surface area (Å²) in [5.41, 5.74) is 7.08. The van der Waals surface area contributed by atoms with Gasteiger partial charge in [0.25, 0.3) is 0 Å². The molecule has 50 heavy (non-hydrogen) atoms. The lowest BCUT2D eigenvalue weighted by Gasteiger charge is -2.37. The summed E-state index contributed by atoms with van der Waals surface area (Å²) in [7, 11) is 1.75. The van der Waals surface area contributed by atoms with Crippen LogP contribution in [0.5, 0.6) is 0 Å². The Kier molecular flexibility index (Phi) is 12.8. The zero-order valence-corrected chi connectivity index (χ0v) is 29.5. The molecule has 3 heterocycles. The number of hydrogen-bond donors (Lipinski definition) is 2. The first-order valence-corrected chi connectivity index (χ1v) is 18.8. The van der Waals surface area contributed by atoms with Crippen LogP contribution in [0.4, 0.5) is 10.1 Å². The molecule has 3 atom stereocenters. The van der Waals surface area contributed by atoms with Crippen LogP contribution >= 0.6 is 0 Å². The fourth-order valence-corrected chi connectivity index (χ4v) is 8.74. The lowest BCUT2D eigenvalue weighted by molar-refractivity contribution is -0.142. The van der Waals surface area contributed by atoms with Crippen LogP contribution < -0.4 is 11.1 Å². The van der Waals surface area contributed by atoms with Crippen molar-refractivity contribution in [2.75, 3.05) is 65.1 Å². The highest BCUT2D eigenvalue weighted by molar-refractivity contribution is 6.00. The average molecular weight is 699 g/mol. The number of likely N-dealkylation sites (tertiary alicyclic amines) is 1. The second-order valence-electron chi connectivity index (χ2n) is 14.8. The number of nitrogens with one attached hydrogen (secondary N) is 1. The standard InChI is InChI=1S/C38H55FN4O7/c1-47-30-11-8-25(9-12-30)31-14-16-43(37(45)27-6-4-26(5-7-27)32(40)24-39)35(31)36(44)41-29-10-13-33-28(22-29)23-34(50-33)38(46)49-19-3-2-15-42-17-20-48-21-18-42/h10,13,22-23,25-27,30-32,35H,2-9,11-12,14-21,24,40H2,1H3,(H,41,44)/t25?,26-,27-,30?,31-,32+,35-/m0/s1. The molecule has 3 N–H and O–H groups in total. The molecule has 1 aromatic heterocycles. The zero-order valence-electron chi connectivity index (χ0n) is 29.5. The van der Waals surface area contributed by atoms with E-state index in [0.29, 0.717) is 48.6 Å². The van der Waals surface area contributed by atoms with Crippen LogP contribution in [-0.2, 0) is 23.8 Å². The van der Waals surface area contributed by atoms with Crippen molar-refractivity contribution in [2.24, 2.45) is 29.4 Å². The molecule has 4 aliphatic rings. The zero-order chi connectivity index (χ0) is 35.0. The van der Waals surface area contributed by atoms with Crippen LogP contribution in [0.25, 0.3) is 11.0 Å². The molecule has 12 heteroatoms. The number of nitrogens with two attached hydrogens (primary N) is 1. The average Bonchev–Trinajstić information content (AvgIpc) is 3.80. The third-order valence-electron chi connectivity index (χ3n) is 11.7. The van der Waals surface area contributed by atoms with Crippen molar-refractivity contribution in [1.29, 1.82) is 0 Å². The first-order chi connectivity index (χ1) is 24.3. The Morgan fingerprint density at radius 2 is 1.74 bits per heavy atom. The summed E-state index contributed by atoms with van der Waals surface area (Å²) in [4.78, 5) is 45.2. The van der Waals surface area contributed by atoms with Gasteiger partial charge in [0.15, 0.2) is 0 Å². The summed E-state index contributed by atoms with van der Waals surface area (Å²) in [5, 5.41) is 3.79. The second kappa shape index (κ2) is 17.4. The number of halogens is 1. The molecule has 2 aromatic rings. The van der Waals surface area contributed by atoms with Crippen LogP contribution in [0.2, 0.25) is 0 Å². The maximum atomic E-state index is 14.2. The number of furan rings is 1. The molecule has 0 radical (unpaired) electrons. The van der Waals surface area contributed by atoms with Crippen molar-refractivity contribution in [3.8, 4) is 0 Å². The number of unbranched alkanes of at least 4 members (excludes halogenated alkanes) is 1. The van der Waals surface area contributed by atoms with Gasteiger partial charge in [-0.15, -0.1) is 0 Å². The molecule has 6 rings (SSSR count). The lowest BCUT2D eigenvalue weighted by atomic mass is 9.75. The van der Waals surface area contributed by atoms with E-state index in [4.69, 9.17) is 24.4 Å². The van der Waals surface area contributed by atoms with E-state index in [0.717, 1.165) is 90.6 Å². The van der Waals surface area contributed by atoms with Gasteiger partial charge in [-0.2, -0.15) is 0 Å². The van der Waals surface area contributed by atoms with Gasteiger partial charge in [0.2, 0.25) is 17.6 Å². The topological polar surface area (TPSA) is 137 Å². The monoisotopic (exact) mass is 698 g/mol. The Labute approximate surface area is 294 Å². The van der Waals surface area contributed by atoms with Crippen molar-refractivity contribution in [1.82, 2.24) is 9.80 Å². The maximum Gasteiger partial charge on any atom is 0.374 e. The molecule has 4 fully saturated rings. The molecule has 276 valence electrons. The summed E-state index contributed by atoms with van der Waals surface area (Å²) in [6.45, 7) is 4.70. The van der Waals surface area contributed by atoms with Gasteiger partial charge in [0.1, 0.15) is 18.3 Å². The van der Waals surface area contributed by atoms with E-state index in [1.165, 1.54) is 0 Å². The highest BCUT2D eigenvalue weighted by Gasteiger charge is 2.47. The number of esters is 1. The van der Waals surface area contributed by atoms with Crippen molar-refractivity contribution < 1.29 is 37.4 Å². The number of morpholine rings is 1. The van der Waals surface area contributed by atoms with Gasteiger partial charge in [-0.05, 0) is 119 Å². The van der Waals surface area contributed by atoms with Gasteiger partial charge in [-0.25, -0.2) is 9.18 Å². The fraction of sp³-hybridized carbons (Fsp3) is 0.711. The van der Waals surface area contributed by atoms with E-state index in [1.807, 2.05) is 4.90 Å². The highest BCUT2D eigenvalue weighted by Crippen LogP contribution is 2.42. The minimum absolute atomic E-state index is 0.0278. The molecule has 2 saturated heterocycles. The normalized spacial score (nSPS) is 28.4. The number of amides is 2. The van der Waals surface area contributed by atoms with Gasteiger partial charge >= 0.3 is 5.97 Å². The van der Waals surface area contributed by atoms with E-state index in [1.54, 1.807) is 31.4 Å². The summed E-state index contributed by atoms with van der Waals surface area (Å²) >= 11 is 0. The first-order valence-electron chi connectivity index (χ1n) is 18.8. The van der Waals surface area contributed by atoms with Gasteiger partial charge in [0, 0.05) is 49.8 Å². The molecule has 2 aliphatic carbocycles. The van der Waals surface area contributed by atoms with E-state index >= 15 is 0 Å². The Morgan fingerprint density at radius 1 is 0.980 bits per heavy atom. The maximum absolute atomic E-state index is 14.2. The van der Waals surface area contributed by atoms with Crippen molar-refractivity contribution in [2.45, 2.75) is 88.8 Å². The summed E-state index contributed by atoms with van der Waals surface area (Å²) in [6, 6.07) is 5.89. The van der Waals surface area contributed by atoms with E-state index in [9.17, 15) is 18.8 Å². The predicted molar refractivity (Wildman–Crippen MR) is 187 cm³/mol. The highest BCUT2D eigenvalue weighted by atomic mass is 19.1. The fourth-order valence-electron chi connectivity index (χ4n) is 8.74. The minimum Gasteiger partial charge on any atom is -0.460 e. The SMILES string of the molecule is COC1CCC([C@@H]2CCN(C(=O)[C@H]3CC[C@H]([C@H](N)CF)CC3)[C@@H]2C(=O)Nc2ccc3oc(C(=O)OCCCCN4CCOCC4)cc3c2)CC1. The number of rotatable bonds is 13. The predicted octanol–water partition coefficient (Wildman–Crippen LogP) is 5.17. The van der Waals surface area contributed by atoms with E-state index in [2.05, 4.69) is 10.2 Å². The van der Waals surface area contributed by atoms with Crippen molar-refractivity contribution >= 4 is 34.4 Å². The lowest BCUT2D eigenvalue weighted by Crippen LogP contribution is -2.50. The van der Waals surface area contributed by atoms with E-state index in [-0.39, 0.29) is 41.4 Å². The summed E-state index contributed by atoms with van der Waals surface area (Å²) < 4.78 is 35.5. The Bertz CT molecular complexity index is 1430. The number of methoxy groups -OCH3 is 1. The first kappa shape index (κ1) is 36.7. The molecule has 2 amide bonds. The number of hydrogen-bond acceptors (Lipinski definition) is 9. The molecular weight excluding hydrogens is 643 g/mol. The Hall–Kier alpha value is -3.06. The van der Waals surface area contributed by atoms with Crippen LogP contribution in [0.3, 0.4) is 0 Å². The number of anilines is 1. The Balaban J connectivity index is 1.09. The quantitative estimate of drug-likeness (QED) is 0.215. The number of benzene rings is 1. The van der Waals surface area contributed by atoms with Gasteiger partial charge in [0.05, 0.1) is 25.9 Å². The smallest absolute Gasteiger partial charge is 0.374 e. The van der Waals surface area contributed by atoms with Crippen LogP contribution in [-0.4, -0.2) is 106 Å². The second-order valence-corrected chi connectivity index (χ2v) is 14.8. The third kappa shape index (κ3) is 8.86.